The first-order valence-corrected chi connectivity index (χ1v) is 8.70. The van der Waals surface area contributed by atoms with E-state index in [4.69, 9.17) is 0 Å². The third-order valence-electron chi connectivity index (χ3n) is 7.13. The van der Waals surface area contributed by atoms with Crippen LogP contribution in [0.5, 0.6) is 0 Å². The number of rotatable bonds is 2. The lowest BCUT2D eigenvalue weighted by Gasteiger charge is -2.54. The highest BCUT2D eigenvalue weighted by Crippen LogP contribution is 2.62. The third-order valence-corrected chi connectivity index (χ3v) is 7.13. The molecule has 22 heavy (non-hydrogen) atoms. The highest BCUT2D eigenvalue weighted by Gasteiger charge is 2.58. The maximum atomic E-state index is 12.6. The molecule has 1 N–H and O–H groups in total. The molecule has 0 radical (unpaired) electrons. The summed E-state index contributed by atoms with van der Waals surface area (Å²) in [7, 11) is 0. The Kier molecular flexibility index (Phi) is 3.83. The first-order valence-electron chi connectivity index (χ1n) is 8.70. The van der Waals surface area contributed by atoms with Gasteiger partial charge in [0.2, 0.25) is 0 Å². The molecule has 0 heterocycles. The molecule has 0 aromatic rings. The van der Waals surface area contributed by atoms with Gasteiger partial charge in [-0.1, -0.05) is 13.0 Å². The molecule has 3 aliphatic rings. The van der Waals surface area contributed by atoms with Crippen molar-refractivity contribution in [3.8, 4) is 0 Å². The van der Waals surface area contributed by atoms with E-state index in [2.05, 4.69) is 6.92 Å². The number of carbonyl (C=O) groups is 2. The average molecular weight is 307 g/mol. The summed E-state index contributed by atoms with van der Waals surface area (Å²) in [5, 5.41) is 10.4. The molecule has 3 rings (SSSR count). The van der Waals surface area contributed by atoms with Gasteiger partial charge in [0.1, 0.15) is 5.78 Å². The summed E-state index contributed by atoms with van der Waals surface area (Å²) in [6, 6.07) is 0. The molecule has 3 fully saturated rings. The van der Waals surface area contributed by atoms with E-state index in [1.807, 2.05) is 13.0 Å². The van der Waals surface area contributed by atoms with Crippen molar-refractivity contribution in [3.05, 3.63) is 12.2 Å². The average Bonchev–Trinajstić information content (AvgIpc) is 2.77. The quantitative estimate of drug-likeness (QED) is 0.629. The second kappa shape index (κ2) is 5.30. The van der Waals surface area contributed by atoms with Gasteiger partial charge in [-0.05, 0) is 75.2 Å². The number of hydrogen-bond donors (Lipinski definition) is 1. The van der Waals surface area contributed by atoms with Gasteiger partial charge in [-0.25, -0.2) is 0 Å². The molecule has 3 nitrogen and oxygen atoms in total. The summed E-state index contributed by atoms with van der Waals surface area (Å²) in [6.07, 6.45) is 8.81. The molecule has 0 aromatic carbocycles. The smallest absolute Gasteiger partial charge is 0.152 e. The number of carbonyl (C=O) groups excluding carboxylic acids is 2. The molecule has 0 aromatic heterocycles. The third kappa shape index (κ3) is 2.20. The van der Waals surface area contributed by atoms with Gasteiger partial charge in [0, 0.05) is 11.8 Å². The van der Waals surface area contributed by atoms with Crippen molar-refractivity contribution in [2.24, 2.45) is 28.6 Å². The standard InChI is InChI=1S/C19H28O3/c1-12(20)8-10-18(2)15-9-11-19(3)14(5-7-17(19)22)13(15)4-6-16(18)21/h8,10,13-15,17,22H,4-7,9,11H2,1-3H3/b10-8+/t13?,14?,15?,17-,18+,19-/m0/s1/i1+1,8+1,12+1. The second-order valence-electron chi connectivity index (χ2n) is 8.20. The highest BCUT2D eigenvalue weighted by atomic mass is 16.3. The predicted molar refractivity (Wildman–Crippen MR) is 85.2 cm³/mol. The maximum Gasteiger partial charge on any atom is 0.152 e. The lowest BCUT2D eigenvalue weighted by molar-refractivity contribution is -0.140. The van der Waals surface area contributed by atoms with Crippen molar-refractivity contribution >= 4 is 11.6 Å². The van der Waals surface area contributed by atoms with Crippen LogP contribution in [0.15, 0.2) is 12.2 Å². The predicted octanol–water partition coefficient (Wildman–Crippen LogP) is 3.30. The Labute approximate surface area is 133 Å². The molecule has 0 bridgehead atoms. The molecule has 0 amide bonds. The van der Waals surface area contributed by atoms with E-state index in [0.29, 0.717) is 24.2 Å². The fourth-order valence-corrected chi connectivity index (χ4v) is 5.69. The van der Waals surface area contributed by atoms with Crippen LogP contribution in [-0.4, -0.2) is 22.8 Å². The van der Waals surface area contributed by atoms with E-state index in [1.54, 1.807) is 6.08 Å². The van der Waals surface area contributed by atoms with Gasteiger partial charge in [0.25, 0.3) is 0 Å². The van der Waals surface area contributed by atoms with Crippen LogP contribution in [0.25, 0.3) is 0 Å². The Morgan fingerprint density at radius 3 is 2.59 bits per heavy atom. The molecule has 122 valence electrons. The number of hydrogen-bond acceptors (Lipinski definition) is 3. The lowest BCUT2D eigenvalue weighted by atomic mass is 9.50. The van der Waals surface area contributed by atoms with Crippen LogP contribution in [0, 0.1) is 28.6 Å². The van der Waals surface area contributed by atoms with E-state index < -0.39 is 5.41 Å². The van der Waals surface area contributed by atoms with E-state index in [9.17, 15) is 14.7 Å². The molecular formula is C19H28O3. The highest BCUT2D eigenvalue weighted by molar-refractivity contribution is 5.91. The molecular weight excluding hydrogens is 279 g/mol. The monoisotopic (exact) mass is 307 g/mol. The van der Waals surface area contributed by atoms with Gasteiger partial charge in [0.05, 0.1) is 6.10 Å². The minimum absolute atomic E-state index is 0.00749. The van der Waals surface area contributed by atoms with Crippen LogP contribution in [-0.2, 0) is 9.59 Å². The van der Waals surface area contributed by atoms with Gasteiger partial charge in [-0.15, -0.1) is 0 Å². The van der Waals surface area contributed by atoms with Crippen molar-refractivity contribution in [2.45, 2.75) is 65.4 Å². The normalized spacial score (nSPS) is 48.3. The number of allylic oxidation sites excluding steroid dienone is 2. The fourth-order valence-electron chi connectivity index (χ4n) is 5.69. The maximum absolute atomic E-state index is 12.6. The topological polar surface area (TPSA) is 54.4 Å². The largest absolute Gasteiger partial charge is 0.393 e. The molecule has 3 heteroatoms. The Bertz CT molecular complexity index is 523. The molecule has 3 aliphatic carbocycles. The Balaban J connectivity index is 1.93. The van der Waals surface area contributed by atoms with Crippen LogP contribution in [0.3, 0.4) is 0 Å². The SMILES string of the molecule is C[C@]1(/C=[13CH]/[13C]([13CH3])=O)C(=O)CCC2C1CC[C@@]1(C)C2CC[C@@H]1O. The van der Waals surface area contributed by atoms with Gasteiger partial charge >= 0.3 is 0 Å². The number of ketones is 2. The van der Waals surface area contributed by atoms with Crippen LogP contribution >= 0.6 is 0 Å². The summed E-state index contributed by atoms with van der Waals surface area (Å²) in [6.45, 7) is 5.81. The number of fused-ring (bicyclic) bond motifs is 3. The first kappa shape index (κ1) is 15.9. The minimum Gasteiger partial charge on any atom is -0.393 e. The second-order valence-corrected chi connectivity index (χ2v) is 8.20. The fraction of sp³-hybridized carbons (Fsp3) is 0.789. The van der Waals surface area contributed by atoms with Gasteiger partial charge in [0.15, 0.2) is 5.78 Å². The Morgan fingerprint density at radius 1 is 1.18 bits per heavy atom. The van der Waals surface area contributed by atoms with Gasteiger partial charge in [-0.3, -0.25) is 9.59 Å². The van der Waals surface area contributed by atoms with Crippen LogP contribution in [0.1, 0.15) is 59.3 Å². The molecule has 0 saturated heterocycles. The number of aliphatic hydroxyl groups is 1. The van der Waals surface area contributed by atoms with Gasteiger partial charge < -0.3 is 5.11 Å². The molecule has 6 atom stereocenters. The Hall–Kier alpha value is -0.960. The first-order chi connectivity index (χ1) is 10.3. The molecule has 3 unspecified atom stereocenters. The van der Waals surface area contributed by atoms with E-state index in [-0.39, 0.29) is 23.1 Å². The summed E-state index contributed by atoms with van der Waals surface area (Å²) >= 11 is 0. The zero-order chi connectivity index (χ0) is 16.1. The van der Waals surface area contributed by atoms with Crippen LogP contribution in [0.2, 0.25) is 0 Å². The summed E-state index contributed by atoms with van der Waals surface area (Å²) in [5.74, 6) is 1.66. The number of Topliss-reactive ketones (excluding diaryl/α,β-unsaturated/α-hetero) is 1. The van der Waals surface area contributed by atoms with Crippen molar-refractivity contribution in [2.75, 3.05) is 0 Å². The summed E-state index contributed by atoms with van der Waals surface area (Å²) in [5.41, 5.74) is -0.462. The zero-order valence-corrected chi connectivity index (χ0v) is 14.0. The Morgan fingerprint density at radius 2 is 1.91 bits per heavy atom. The summed E-state index contributed by atoms with van der Waals surface area (Å²) in [4.78, 5) is 23.9. The van der Waals surface area contributed by atoms with E-state index in [1.165, 1.54) is 6.92 Å². The zero-order valence-electron chi connectivity index (χ0n) is 14.0. The molecule has 0 spiro atoms. The molecule has 0 aliphatic heterocycles. The van der Waals surface area contributed by atoms with Crippen molar-refractivity contribution in [1.29, 1.82) is 0 Å². The lowest BCUT2D eigenvalue weighted by Crippen LogP contribution is -2.52. The van der Waals surface area contributed by atoms with Crippen LogP contribution < -0.4 is 0 Å². The summed E-state index contributed by atoms with van der Waals surface area (Å²) < 4.78 is 0. The van der Waals surface area contributed by atoms with E-state index in [0.717, 1.165) is 32.1 Å². The van der Waals surface area contributed by atoms with Crippen molar-refractivity contribution < 1.29 is 14.7 Å². The van der Waals surface area contributed by atoms with Crippen molar-refractivity contribution in [1.82, 2.24) is 0 Å². The van der Waals surface area contributed by atoms with E-state index >= 15 is 0 Å². The van der Waals surface area contributed by atoms with Crippen LogP contribution in [0.4, 0.5) is 0 Å². The van der Waals surface area contributed by atoms with Crippen molar-refractivity contribution in [3.63, 3.8) is 0 Å². The number of aliphatic hydroxyl groups excluding tert-OH is 1. The minimum atomic E-state index is -0.497. The molecule has 3 saturated carbocycles. The van der Waals surface area contributed by atoms with Gasteiger partial charge in [-0.2, -0.15) is 0 Å².